The van der Waals surface area contributed by atoms with Gasteiger partial charge in [-0.05, 0) is 17.7 Å². The number of aromatic hydroxyl groups is 1. The first-order valence-corrected chi connectivity index (χ1v) is 4.55. The lowest BCUT2D eigenvalue weighted by Gasteiger charge is -2.03. The van der Waals surface area contributed by atoms with Gasteiger partial charge in [0, 0.05) is 17.7 Å². The van der Waals surface area contributed by atoms with Crippen molar-refractivity contribution in [2.24, 2.45) is 0 Å². The van der Waals surface area contributed by atoms with Crippen LogP contribution in [0.1, 0.15) is 0 Å². The van der Waals surface area contributed by atoms with Gasteiger partial charge in [-0.15, -0.1) is 5.10 Å². The van der Waals surface area contributed by atoms with E-state index in [1.165, 1.54) is 25.4 Å². The highest BCUT2D eigenvalue weighted by Crippen LogP contribution is 2.25. The minimum absolute atomic E-state index is 0.134. The number of phenolic OH excluding ortho intramolecular Hbond substituents is 1. The summed E-state index contributed by atoms with van der Waals surface area (Å²) >= 11 is 0. The average molecular weight is 220 g/mol. The monoisotopic (exact) mass is 220 g/mol. The van der Waals surface area contributed by atoms with Crippen LogP contribution in [0.25, 0.3) is 11.1 Å². The number of hydrogen-bond donors (Lipinski definition) is 1. The summed E-state index contributed by atoms with van der Waals surface area (Å²) in [5.74, 6) is -0.308. The Morgan fingerprint density at radius 2 is 2.00 bits per heavy atom. The summed E-state index contributed by atoms with van der Waals surface area (Å²) < 4.78 is 18.0. The molecule has 4 nitrogen and oxygen atoms in total. The maximum atomic E-state index is 13.1. The Morgan fingerprint density at radius 1 is 1.19 bits per heavy atom. The smallest absolute Gasteiger partial charge is 0.233 e. The molecular weight excluding hydrogens is 211 g/mol. The standard InChI is InChI=1S/C11H9FN2O2/c1-16-11-4-8(6-13-14-11)7-2-9(12)5-10(15)3-7/h2-6,15H,1H3. The van der Waals surface area contributed by atoms with Crippen LogP contribution in [-0.2, 0) is 0 Å². The van der Waals surface area contributed by atoms with Crippen LogP contribution in [0.5, 0.6) is 11.6 Å². The van der Waals surface area contributed by atoms with Crippen molar-refractivity contribution >= 4 is 0 Å². The Balaban J connectivity index is 2.49. The molecule has 0 fully saturated rings. The van der Waals surface area contributed by atoms with E-state index in [0.717, 1.165) is 6.07 Å². The number of methoxy groups -OCH3 is 1. The SMILES string of the molecule is COc1cc(-c2cc(O)cc(F)c2)cnn1. The second kappa shape index (κ2) is 4.14. The van der Waals surface area contributed by atoms with Crippen LogP contribution in [0, 0.1) is 5.82 Å². The van der Waals surface area contributed by atoms with E-state index in [9.17, 15) is 9.50 Å². The molecule has 0 aliphatic rings. The number of halogens is 1. The van der Waals surface area contributed by atoms with E-state index in [0.29, 0.717) is 17.0 Å². The Hall–Kier alpha value is -2.17. The van der Waals surface area contributed by atoms with Gasteiger partial charge in [0.05, 0.1) is 13.3 Å². The van der Waals surface area contributed by atoms with E-state index in [1.54, 1.807) is 6.07 Å². The normalized spacial score (nSPS) is 10.1. The molecule has 5 heteroatoms. The molecule has 0 spiro atoms. The molecule has 82 valence electrons. The maximum Gasteiger partial charge on any atom is 0.233 e. The zero-order valence-electron chi connectivity index (χ0n) is 8.51. The molecule has 2 rings (SSSR count). The van der Waals surface area contributed by atoms with Crippen molar-refractivity contribution in [1.82, 2.24) is 10.2 Å². The third kappa shape index (κ3) is 2.08. The molecule has 0 aliphatic carbocycles. The van der Waals surface area contributed by atoms with Crippen LogP contribution in [0.15, 0.2) is 30.5 Å². The first-order chi connectivity index (χ1) is 7.69. The molecule has 0 bridgehead atoms. The van der Waals surface area contributed by atoms with Gasteiger partial charge in [0.2, 0.25) is 5.88 Å². The first-order valence-electron chi connectivity index (χ1n) is 4.55. The Morgan fingerprint density at radius 3 is 2.69 bits per heavy atom. The number of hydrogen-bond acceptors (Lipinski definition) is 4. The summed E-state index contributed by atoms with van der Waals surface area (Å²) in [6.07, 6.45) is 1.47. The van der Waals surface area contributed by atoms with E-state index in [4.69, 9.17) is 4.74 Å². The van der Waals surface area contributed by atoms with Gasteiger partial charge in [-0.1, -0.05) is 0 Å². The lowest BCUT2D eigenvalue weighted by atomic mass is 10.1. The molecule has 0 radical (unpaired) electrons. The average Bonchev–Trinajstić information content (AvgIpc) is 2.28. The maximum absolute atomic E-state index is 13.1. The highest BCUT2D eigenvalue weighted by molar-refractivity contribution is 5.64. The lowest BCUT2D eigenvalue weighted by molar-refractivity contribution is 0.392. The van der Waals surface area contributed by atoms with E-state index < -0.39 is 5.82 Å². The van der Waals surface area contributed by atoms with Crippen LogP contribution in [0.2, 0.25) is 0 Å². The Kier molecular flexibility index (Phi) is 2.68. The fraction of sp³-hybridized carbons (Fsp3) is 0.0909. The van der Waals surface area contributed by atoms with Crippen molar-refractivity contribution in [1.29, 1.82) is 0 Å². The summed E-state index contributed by atoms with van der Waals surface area (Å²) in [7, 11) is 1.47. The minimum Gasteiger partial charge on any atom is -0.508 e. The first kappa shape index (κ1) is 10.4. The second-order valence-electron chi connectivity index (χ2n) is 3.18. The quantitative estimate of drug-likeness (QED) is 0.840. The van der Waals surface area contributed by atoms with Crippen molar-refractivity contribution in [3.63, 3.8) is 0 Å². The van der Waals surface area contributed by atoms with Gasteiger partial charge in [-0.2, -0.15) is 5.10 Å². The summed E-state index contributed by atoms with van der Waals surface area (Å²) in [6, 6.07) is 5.40. The highest BCUT2D eigenvalue weighted by atomic mass is 19.1. The number of nitrogens with zero attached hydrogens (tertiary/aromatic N) is 2. The molecule has 1 aromatic carbocycles. The van der Waals surface area contributed by atoms with E-state index in [-0.39, 0.29) is 5.75 Å². The molecule has 0 amide bonds. The predicted molar refractivity (Wildman–Crippen MR) is 55.6 cm³/mol. The molecule has 0 aliphatic heterocycles. The zero-order chi connectivity index (χ0) is 11.5. The van der Waals surface area contributed by atoms with Crippen LogP contribution < -0.4 is 4.74 Å². The molecular formula is C11H9FN2O2. The third-order valence-corrected chi connectivity index (χ3v) is 2.06. The van der Waals surface area contributed by atoms with E-state index >= 15 is 0 Å². The molecule has 0 unspecified atom stereocenters. The summed E-state index contributed by atoms with van der Waals surface area (Å²) in [5, 5.41) is 16.7. The fourth-order valence-electron chi connectivity index (χ4n) is 1.35. The van der Waals surface area contributed by atoms with E-state index in [1.807, 2.05) is 0 Å². The van der Waals surface area contributed by atoms with Gasteiger partial charge in [-0.25, -0.2) is 4.39 Å². The van der Waals surface area contributed by atoms with Crippen molar-refractivity contribution in [3.8, 4) is 22.8 Å². The molecule has 0 saturated heterocycles. The minimum atomic E-state index is -0.509. The predicted octanol–water partition coefficient (Wildman–Crippen LogP) is 2.00. The van der Waals surface area contributed by atoms with Gasteiger partial charge in [0.25, 0.3) is 0 Å². The Bertz CT molecular complexity index is 497. The van der Waals surface area contributed by atoms with Crippen LogP contribution in [-0.4, -0.2) is 22.4 Å². The second-order valence-corrected chi connectivity index (χ2v) is 3.18. The number of rotatable bonds is 2. The van der Waals surface area contributed by atoms with Crippen molar-refractivity contribution < 1.29 is 14.2 Å². The third-order valence-electron chi connectivity index (χ3n) is 2.06. The van der Waals surface area contributed by atoms with Crippen molar-refractivity contribution in [2.75, 3.05) is 7.11 Å². The number of phenols is 1. The number of benzene rings is 1. The van der Waals surface area contributed by atoms with E-state index in [2.05, 4.69) is 10.2 Å². The van der Waals surface area contributed by atoms with Crippen molar-refractivity contribution in [3.05, 3.63) is 36.3 Å². The molecule has 0 saturated carbocycles. The zero-order valence-corrected chi connectivity index (χ0v) is 8.51. The van der Waals surface area contributed by atoms with Crippen molar-refractivity contribution in [2.45, 2.75) is 0 Å². The summed E-state index contributed by atoms with van der Waals surface area (Å²) in [6.45, 7) is 0. The Labute approximate surface area is 91.3 Å². The fourth-order valence-corrected chi connectivity index (χ4v) is 1.35. The summed E-state index contributed by atoms with van der Waals surface area (Å²) in [5.41, 5.74) is 1.15. The van der Waals surface area contributed by atoms with Gasteiger partial charge in [-0.3, -0.25) is 0 Å². The van der Waals surface area contributed by atoms with Gasteiger partial charge >= 0.3 is 0 Å². The molecule has 2 aromatic rings. The van der Waals surface area contributed by atoms with Crippen LogP contribution >= 0.6 is 0 Å². The van der Waals surface area contributed by atoms with Gasteiger partial charge in [0.1, 0.15) is 11.6 Å². The van der Waals surface area contributed by atoms with Gasteiger partial charge < -0.3 is 9.84 Å². The van der Waals surface area contributed by atoms with Crippen LogP contribution in [0.3, 0.4) is 0 Å². The molecule has 1 aromatic heterocycles. The number of ether oxygens (including phenoxy) is 1. The molecule has 16 heavy (non-hydrogen) atoms. The molecule has 0 atom stereocenters. The molecule has 1 N–H and O–H groups in total. The largest absolute Gasteiger partial charge is 0.508 e. The topological polar surface area (TPSA) is 55.2 Å². The highest BCUT2D eigenvalue weighted by Gasteiger charge is 2.05. The number of aromatic nitrogens is 2. The summed E-state index contributed by atoms with van der Waals surface area (Å²) in [4.78, 5) is 0. The van der Waals surface area contributed by atoms with Gasteiger partial charge in [0.15, 0.2) is 0 Å². The lowest BCUT2D eigenvalue weighted by Crippen LogP contribution is -1.91. The van der Waals surface area contributed by atoms with Crippen LogP contribution in [0.4, 0.5) is 4.39 Å². The molecule has 1 heterocycles.